The summed E-state index contributed by atoms with van der Waals surface area (Å²) in [5.74, 6) is 0.358. The van der Waals surface area contributed by atoms with Gasteiger partial charge in [-0.2, -0.15) is 5.26 Å². The summed E-state index contributed by atoms with van der Waals surface area (Å²) < 4.78 is 0. The maximum absolute atomic E-state index is 8.38. The Bertz CT molecular complexity index is 218. The minimum atomic E-state index is 0.358. The van der Waals surface area contributed by atoms with Crippen LogP contribution in [0.2, 0.25) is 0 Å². The van der Waals surface area contributed by atoms with Crippen molar-refractivity contribution in [3.05, 3.63) is 24.0 Å². The molecule has 0 aliphatic rings. The zero-order valence-electron chi connectivity index (χ0n) is 5.96. The van der Waals surface area contributed by atoms with Gasteiger partial charge in [0.1, 0.15) is 0 Å². The number of nitrogens with one attached hydrogen (secondary N) is 1. The van der Waals surface area contributed by atoms with Gasteiger partial charge in [-0.1, -0.05) is 6.92 Å². The van der Waals surface area contributed by atoms with Gasteiger partial charge in [-0.15, -0.1) is 0 Å². The van der Waals surface area contributed by atoms with Crippen molar-refractivity contribution < 1.29 is 0 Å². The molecule has 0 aliphatic heterocycles. The third-order valence-electron chi connectivity index (χ3n) is 1.59. The van der Waals surface area contributed by atoms with Gasteiger partial charge >= 0.3 is 0 Å². The zero-order chi connectivity index (χ0) is 7.40. The molecule has 0 amide bonds. The van der Waals surface area contributed by atoms with Gasteiger partial charge in [0.25, 0.3) is 0 Å². The van der Waals surface area contributed by atoms with Crippen LogP contribution in [0.1, 0.15) is 24.8 Å². The summed E-state index contributed by atoms with van der Waals surface area (Å²) in [6.45, 7) is 2.05. The topological polar surface area (TPSA) is 39.6 Å². The number of aromatic amines is 1. The van der Waals surface area contributed by atoms with Crippen LogP contribution in [0.4, 0.5) is 0 Å². The minimum absolute atomic E-state index is 0.358. The average molecular weight is 134 g/mol. The summed E-state index contributed by atoms with van der Waals surface area (Å²) in [6.07, 6.45) is 4.41. The molecule has 0 radical (unpaired) electrons. The standard InChI is InChI=1S/C8H10N2/c1-7(2-4-9)8-3-5-10-6-8/h3,5-7,10H,2H2,1H3. The second-order valence-electron chi connectivity index (χ2n) is 2.41. The van der Waals surface area contributed by atoms with E-state index in [1.54, 1.807) is 0 Å². The van der Waals surface area contributed by atoms with Crippen molar-refractivity contribution in [1.29, 1.82) is 5.26 Å². The van der Waals surface area contributed by atoms with E-state index in [0.717, 1.165) is 0 Å². The fourth-order valence-electron chi connectivity index (χ4n) is 0.898. The second kappa shape index (κ2) is 3.07. The molecule has 0 saturated heterocycles. The van der Waals surface area contributed by atoms with Crippen LogP contribution >= 0.6 is 0 Å². The van der Waals surface area contributed by atoms with E-state index < -0.39 is 0 Å². The Morgan fingerprint density at radius 2 is 2.60 bits per heavy atom. The number of hydrogen-bond donors (Lipinski definition) is 1. The molecule has 0 aromatic carbocycles. The van der Waals surface area contributed by atoms with Gasteiger partial charge in [0.15, 0.2) is 0 Å². The van der Waals surface area contributed by atoms with Crippen molar-refractivity contribution in [1.82, 2.24) is 4.98 Å². The van der Waals surface area contributed by atoms with E-state index in [1.807, 2.05) is 25.4 Å². The molecule has 0 fully saturated rings. The lowest BCUT2D eigenvalue weighted by atomic mass is 10.0. The van der Waals surface area contributed by atoms with Crippen molar-refractivity contribution in [2.75, 3.05) is 0 Å². The van der Waals surface area contributed by atoms with Crippen LogP contribution in [-0.4, -0.2) is 4.98 Å². The molecule has 0 saturated carbocycles. The molecular weight excluding hydrogens is 124 g/mol. The summed E-state index contributed by atoms with van der Waals surface area (Å²) in [4.78, 5) is 2.96. The first-order valence-electron chi connectivity index (χ1n) is 3.34. The van der Waals surface area contributed by atoms with Crippen LogP contribution in [0.3, 0.4) is 0 Å². The van der Waals surface area contributed by atoms with Gasteiger partial charge in [-0.05, 0) is 17.5 Å². The Hall–Kier alpha value is -1.23. The van der Waals surface area contributed by atoms with Crippen LogP contribution < -0.4 is 0 Å². The van der Waals surface area contributed by atoms with Gasteiger partial charge in [-0.25, -0.2) is 0 Å². The van der Waals surface area contributed by atoms with Crippen molar-refractivity contribution in [3.8, 4) is 6.07 Å². The minimum Gasteiger partial charge on any atom is -0.367 e. The highest BCUT2D eigenvalue weighted by atomic mass is 14.6. The Morgan fingerprint density at radius 3 is 3.10 bits per heavy atom. The number of aromatic nitrogens is 1. The fourth-order valence-corrected chi connectivity index (χ4v) is 0.898. The Labute approximate surface area is 60.5 Å². The lowest BCUT2D eigenvalue weighted by Gasteiger charge is -2.00. The maximum atomic E-state index is 8.38. The average Bonchev–Trinajstić information content (AvgIpc) is 2.38. The Balaban J connectivity index is 2.61. The van der Waals surface area contributed by atoms with E-state index in [9.17, 15) is 0 Å². The summed E-state index contributed by atoms with van der Waals surface area (Å²) >= 11 is 0. The van der Waals surface area contributed by atoms with Gasteiger partial charge < -0.3 is 4.98 Å². The van der Waals surface area contributed by atoms with Gasteiger partial charge in [0.2, 0.25) is 0 Å². The second-order valence-corrected chi connectivity index (χ2v) is 2.41. The van der Waals surface area contributed by atoms with E-state index in [1.165, 1.54) is 5.56 Å². The smallest absolute Gasteiger partial charge is 0.0628 e. The molecule has 1 unspecified atom stereocenters. The molecule has 2 heteroatoms. The van der Waals surface area contributed by atoms with Crippen LogP contribution in [0.15, 0.2) is 18.5 Å². The van der Waals surface area contributed by atoms with Crippen LogP contribution in [-0.2, 0) is 0 Å². The van der Waals surface area contributed by atoms with Gasteiger partial charge in [0.05, 0.1) is 6.07 Å². The summed E-state index contributed by atoms with van der Waals surface area (Å²) in [5.41, 5.74) is 1.21. The molecule has 0 spiro atoms. The first-order valence-corrected chi connectivity index (χ1v) is 3.34. The molecule has 2 nitrogen and oxygen atoms in total. The largest absolute Gasteiger partial charge is 0.367 e. The number of hydrogen-bond acceptors (Lipinski definition) is 1. The molecule has 1 rings (SSSR count). The fraction of sp³-hybridized carbons (Fsp3) is 0.375. The van der Waals surface area contributed by atoms with Crippen LogP contribution in [0.25, 0.3) is 0 Å². The van der Waals surface area contributed by atoms with Crippen LogP contribution in [0, 0.1) is 11.3 Å². The van der Waals surface area contributed by atoms with E-state index in [4.69, 9.17) is 5.26 Å². The molecule has 10 heavy (non-hydrogen) atoms. The first-order chi connectivity index (χ1) is 4.84. The normalized spacial score (nSPS) is 12.4. The van der Waals surface area contributed by atoms with Crippen LogP contribution in [0.5, 0.6) is 0 Å². The molecule has 1 aromatic rings. The van der Waals surface area contributed by atoms with Crippen molar-refractivity contribution in [2.24, 2.45) is 0 Å². The molecule has 1 atom stereocenters. The van der Waals surface area contributed by atoms with E-state index in [2.05, 4.69) is 11.1 Å². The third-order valence-corrected chi connectivity index (χ3v) is 1.59. The number of nitrogens with zero attached hydrogens (tertiary/aromatic N) is 1. The van der Waals surface area contributed by atoms with E-state index in [-0.39, 0.29) is 0 Å². The maximum Gasteiger partial charge on any atom is 0.0628 e. The molecule has 1 aromatic heterocycles. The number of rotatable bonds is 2. The molecule has 0 aliphatic carbocycles. The summed E-state index contributed by atoms with van der Waals surface area (Å²) in [6, 6.07) is 4.14. The SMILES string of the molecule is CC(CC#N)c1cc[nH]c1. The number of nitriles is 1. The first kappa shape index (κ1) is 6.88. The predicted octanol–water partition coefficient (Wildman–Crippen LogP) is 2.03. The molecule has 1 heterocycles. The molecular formula is C8H10N2. The highest BCUT2D eigenvalue weighted by Crippen LogP contribution is 2.16. The van der Waals surface area contributed by atoms with Crippen molar-refractivity contribution >= 4 is 0 Å². The number of H-pyrrole nitrogens is 1. The van der Waals surface area contributed by atoms with Crippen molar-refractivity contribution in [2.45, 2.75) is 19.3 Å². The summed E-state index contributed by atoms with van der Waals surface area (Å²) in [5, 5.41) is 8.38. The Kier molecular flexibility index (Phi) is 2.11. The van der Waals surface area contributed by atoms with Gasteiger partial charge in [-0.3, -0.25) is 0 Å². The van der Waals surface area contributed by atoms with Gasteiger partial charge in [0, 0.05) is 18.8 Å². The highest BCUT2D eigenvalue weighted by Gasteiger charge is 2.02. The predicted molar refractivity (Wildman–Crippen MR) is 39.4 cm³/mol. The van der Waals surface area contributed by atoms with E-state index in [0.29, 0.717) is 12.3 Å². The molecule has 52 valence electrons. The van der Waals surface area contributed by atoms with Crippen molar-refractivity contribution in [3.63, 3.8) is 0 Å². The molecule has 0 bridgehead atoms. The summed E-state index contributed by atoms with van der Waals surface area (Å²) in [7, 11) is 0. The highest BCUT2D eigenvalue weighted by molar-refractivity contribution is 5.14. The monoisotopic (exact) mass is 134 g/mol. The zero-order valence-corrected chi connectivity index (χ0v) is 5.96. The lowest BCUT2D eigenvalue weighted by molar-refractivity contribution is 0.790. The third kappa shape index (κ3) is 1.38. The van der Waals surface area contributed by atoms with E-state index >= 15 is 0 Å². The quantitative estimate of drug-likeness (QED) is 0.660. The Morgan fingerprint density at radius 1 is 1.80 bits per heavy atom. The molecule has 1 N–H and O–H groups in total. The lowest BCUT2D eigenvalue weighted by Crippen LogP contribution is -1.87.